The van der Waals surface area contributed by atoms with Crippen molar-refractivity contribution in [1.29, 1.82) is 0 Å². The highest BCUT2D eigenvalue weighted by Gasteiger charge is 2.36. The lowest BCUT2D eigenvalue weighted by Crippen LogP contribution is -2.31. The highest BCUT2D eigenvalue weighted by Crippen LogP contribution is 2.41. The Bertz CT molecular complexity index is 3080. The molecule has 0 saturated heterocycles. The van der Waals surface area contributed by atoms with Crippen LogP contribution in [0.25, 0.3) is 67.7 Å². The van der Waals surface area contributed by atoms with E-state index in [0.29, 0.717) is 11.6 Å². The summed E-state index contributed by atoms with van der Waals surface area (Å²) >= 11 is 0. The van der Waals surface area contributed by atoms with Gasteiger partial charge in [-0.15, -0.1) is 0 Å². The summed E-state index contributed by atoms with van der Waals surface area (Å²) < 4.78 is 0. The Balaban J connectivity index is 0.975. The number of pyridine rings is 3. The normalized spacial score (nSPS) is 21.7. The SMILES string of the molecule is CC1CC(c2nc(-c3ccc(-c4ccc5ccc6cccnc6c5n4)cc3)nc(C3(C)C=Cc4ccccc4C3)n2)=CC=C1c1ccc2c(n1)C1=NC=CCC1(C)C=C2. The van der Waals surface area contributed by atoms with Gasteiger partial charge in [-0.05, 0) is 72.6 Å². The van der Waals surface area contributed by atoms with E-state index in [1.54, 1.807) is 0 Å². The number of benzene rings is 3. The fourth-order valence-electron chi connectivity index (χ4n) is 9.06. The zero-order chi connectivity index (χ0) is 39.7. The Kier molecular flexibility index (Phi) is 8.09. The van der Waals surface area contributed by atoms with E-state index in [-0.39, 0.29) is 11.3 Å². The molecule has 3 aromatic carbocycles. The van der Waals surface area contributed by atoms with E-state index in [2.05, 4.69) is 159 Å². The van der Waals surface area contributed by atoms with Gasteiger partial charge in [0.05, 0.1) is 33.8 Å². The van der Waals surface area contributed by atoms with Crippen LogP contribution in [0.4, 0.5) is 0 Å². The molecule has 0 fully saturated rings. The van der Waals surface area contributed by atoms with Gasteiger partial charge in [-0.1, -0.05) is 135 Å². The van der Waals surface area contributed by atoms with Gasteiger partial charge in [0, 0.05) is 50.7 Å². The number of hydrogen-bond donors (Lipinski definition) is 0. The molecule has 3 aliphatic carbocycles. The Labute approximate surface area is 343 Å². The number of aliphatic imine (C=N–C) groups is 1. The van der Waals surface area contributed by atoms with E-state index in [4.69, 9.17) is 29.9 Å². The molecule has 0 saturated carbocycles. The molecule has 1 aliphatic heterocycles. The molecule has 7 heteroatoms. The van der Waals surface area contributed by atoms with Crippen LogP contribution in [0, 0.1) is 11.3 Å². The molecule has 5 heterocycles. The molecule has 59 heavy (non-hydrogen) atoms. The summed E-state index contributed by atoms with van der Waals surface area (Å²) in [6.45, 7) is 6.75. The summed E-state index contributed by atoms with van der Waals surface area (Å²) in [4.78, 5) is 35.5. The lowest BCUT2D eigenvalue weighted by Gasteiger charge is -2.32. The second kappa shape index (κ2) is 13.6. The third kappa shape index (κ3) is 6.08. The first-order chi connectivity index (χ1) is 28.8. The number of fused-ring (bicyclic) bond motifs is 7. The quantitative estimate of drug-likeness (QED) is 0.162. The number of allylic oxidation sites excluding steroid dienone is 7. The zero-order valence-electron chi connectivity index (χ0n) is 33.3. The summed E-state index contributed by atoms with van der Waals surface area (Å²) in [6.07, 6.45) is 21.7. The van der Waals surface area contributed by atoms with Crippen LogP contribution in [-0.2, 0) is 11.8 Å². The monoisotopic (exact) mass is 763 g/mol. The van der Waals surface area contributed by atoms with Gasteiger partial charge in [0.15, 0.2) is 11.6 Å². The summed E-state index contributed by atoms with van der Waals surface area (Å²) in [6, 6.07) is 33.8. The molecule has 4 aromatic heterocycles. The van der Waals surface area contributed by atoms with Crippen LogP contribution in [0.15, 0.2) is 145 Å². The molecular formula is C52H41N7. The molecule has 3 unspecified atom stereocenters. The standard InChI is InChI=1S/C52H41N7/c1-32-30-39(17-20-41(32)43-22-19-37-24-26-51(2)25-7-29-54-47(51)46(37)56-43)49-57-48(58-50(59-49)52(3)27-23-33-8-4-5-9-40(33)31-52)38-15-11-34(12-16-38)42-21-18-36-14-13-35-10-6-28-53-44(35)45(36)55-42/h4-24,26-29,32H,25,30-31H2,1-3H3. The first kappa shape index (κ1) is 35.2. The second-order valence-corrected chi connectivity index (χ2v) is 16.8. The molecule has 3 atom stereocenters. The fourth-order valence-corrected chi connectivity index (χ4v) is 9.06. The van der Waals surface area contributed by atoms with E-state index >= 15 is 0 Å². The van der Waals surface area contributed by atoms with Gasteiger partial charge in [0.2, 0.25) is 0 Å². The highest BCUT2D eigenvalue weighted by atomic mass is 15.0. The van der Waals surface area contributed by atoms with Crippen LogP contribution >= 0.6 is 0 Å². The number of rotatable bonds is 5. The molecule has 284 valence electrons. The summed E-state index contributed by atoms with van der Waals surface area (Å²) in [5.41, 5.74) is 13.1. The predicted octanol–water partition coefficient (Wildman–Crippen LogP) is 11.5. The minimum Gasteiger partial charge on any atom is -0.258 e. The van der Waals surface area contributed by atoms with Gasteiger partial charge < -0.3 is 0 Å². The maximum absolute atomic E-state index is 5.28. The van der Waals surface area contributed by atoms with Gasteiger partial charge >= 0.3 is 0 Å². The molecule has 0 amide bonds. The first-order valence-electron chi connectivity index (χ1n) is 20.4. The van der Waals surface area contributed by atoms with Gasteiger partial charge in [-0.2, -0.15) is 0 Å². The van der Waals surface area contributed by atoms with E-state index in [9.17, 15) is 0 Å². The van der Waals surface area contributed by atoms with Gasteiger partial charge in [0.25, 0.3) is 0 Å². The van der Waals surface area contributed by atoms with Gasteiger partial charge in [0.1, 0.15) is 5.82 Å². The van der Waals surface area contributed by atoms with Crippen molar-refractivity contribution in [3.8, 4) is 22.6 Å². The lowest BCUT2D eigenvalue weighted by molar-refractivity contribution is 0.541. The second-order valence-electron chi connectivity index (χ2n) is 16.8. The third-order valence-corrected chi connectivity index (χ3v) is 12.5. The van der Waals surface area contributed by atoms with Crippen molar-refractivity contribution < 1.29 is 0 Å². The minimum atomic E-state index is -0.415. The Hall–Kier alpha value is -6.99. The van der Waals surface area contributed by atoms with E-state index < -0.39 is 5.41 Å². The van der Waals surface area contributed by atoms with Crippen molar-refractivity contribution in [3.63, 3.8) is 0 Å². The van der Waals surface area contributed by atoms with Crippen LogP contribution in [0.2, 0.25) is 0 Å². The van der Waals surface area contributed by atoms with Crippen LogP contribution in [-0.4, -0.2) is 35.6 Å². The molecule has 11 rings (SSSR count). The minimum absolute atomic E-state index is 0.131. The van der Waals surface area contributed by atoms with E-state index in [1.807, 2.05) is 18.5 Å². The third-order valence-electron chi connectivity index (χ3n) is 12.5. The van der Waals surface area contributed by atoms with Crippen LogP contribution < -0.4 is 0 Å². The average Bonchev–Trinajstić information content (AvgIpc) is 3.28. The van der Waals surface area contributed by atoms with E-state index in [0.717, 1.165) is 91.9 Å². The molecule has 7 nitrogen and oxygen atoms in total. The van der Waals surface area contributed by atoms with Crippen molar-refractivity contribution in [2.45, 2.75) is 45.4 Å². The molecular weight excluding hydrogens is 723 g/mol. The van der Waals surface area contributed by atoms with E-state index in [1.165, 1.54) is 16.7 Å². The molecule has 7 aromatic rings. The van der Waals surface area contributed by atoms with Crippen molar-refractivity contribution >= 4 is 50.8 Å². The van der Waals surface area contributed by atoms with Crippen molar-refractivity contribution in [2.75, 3.05) is 0 Å². The zero-order valence-corrected chi connectivity index (χ0v) is 33.3. The number of hydrogen-bond acceptors (Lipinski definition) is 7. The Morgan fingerprint density at radius 3 is 2.27 bits per heavy atom. The lowest BCUT2D eigenvalue weighted by atomic mass is 9.74. The molecule has 0 N–H and O–H groups in total. The average molecular weight is 764 g/mol. The van der Waals surface area contributed by atoms with Crippen molar-refractivity contribution in [3.05, 3.63) is 180 Å². The maximum Gasteiger partial charge on any atom is 0.163 e. The summed E-state index contributed by atoms with van der Waals surface area (Å²) in [7, 11) is 0. The summed E-state index contributed by atoms with van der Waals surface area (Å²) in [5, 5.41) is 2.15. The molecule has 0 radical (unpaired) electrons. The van der Waals surface area contributed by atoms with Crippen molar-refractivity contribution in [2.24, 2.45) is 16.3 Å². The van der Waals surface area contributed by atoms with Crippen molar-refractivity contribution in [1.82, 2.24) is 29.9 Å². The fraction of sp³-hybridized carbons (Fsp3) is 0.173. The molecule has 0 bridgehead atoms. The largest absolute Gasteiger partial charge is 0.258 e. The first-order valence-corrected chi connectivity index (χ1v) is 20.4. The maximum atomic E-state index is 5.28. The summed E-state index contributed by atoms with van der Waals surface area (Å²) in [5.74, 6) is 2.33. The molecule has 0 spiro atoms. The Morgan fingerprint density at radius 1 is 0.627 bits per heavy atom. The van der Waals surface area contributed by atoms with Crippen LogP contribution in [0.1, 0.15) is 73.3 Å². The van der Waals surface area contributed by atoms with Crippen LogP contribution in [0.5, 0.6) is 0 Å². The molecule has 4 aliphatic rings. The van der Waals surface area contributed by atoms with Gasteiger partial charge in [-0.3, -0.25) is 9.98 Å². The predicted molar refractivity (Wildman–Crippen MR) is 239 cm³/mol. The Morgan fingerprint density at radius 2 is 1.39 bits per heavy atom. The van der Waals surface area contributed by atoms with Gasteiger partial charge in [-0.25, -0.2) is 24.9 Å². The smallest absolute Gasteiger partial charge is 0.163 e. The number of aromatic nitrogens is 6. The number of nitrogens with zero attached hydrogens (tertiary/aromatic N) is 7. The highest BCUT2D eigenvalue weighted by molar-refractivity contribution is 6.10. The topological polar surface area (TPSA) is 89.7 Å². The van der Waals surface area contributed by atoms with Crippen LogP contribution in [0.3, 0.4) is 0 Å².